The Bertz CT molecular complexity index is 840. The number of rotatable bonds is 5. The van der Waals surface area contributed by atoms with Crippen molar-refractivity contribution in [3.63, 3.8) is 0 Å². The minimum absolute atomic E-state index is 0.0725. The quantitative estimate of drug-likeness (QED) is 0.425. The molecule has 2 atom stereocenters. The van der Waals surface area contributed by atoms with Crippen LogP contribution >= 0.6 is 11.6 Å². The summed E-state index contributed by atoms with van der Waals surface area (Å²) in [5.74, 6) is -1.25. The van der Waals surface area contributed by atoms with Crippen molar-refractivity contribution in [2.45, 2.75) is 51.0 Å². The van der Waals surface area contributed by atoms with E-state index in [-0.39, 0.29) is 36.6 Å². The van der Waals surface area contributed by atoms with Crippen molar-refractivity contribution in [3.8, 4) is 0 Å². The molecule has 0 aromatic heterocycles. The largest absolute Gasteiger partial charge is 0.444 e. The van der Waals surface area contributed by atoms with Crippen LogP contribution in [0.15, 0.2) is 23.3 Å². The van der Waals surface area contributed by atoms with Gasteiger partial charge in [-0.05, 0) is 32.4 Å². The number of amides is 2. The normalized spacial score (nSPS) is 21.4. The molecule has 0 unspecified atom stereocenters. The Balaban J connectivity index is 2.18. The summed E-state index contributed by atoms with van der Waals surface area (Å²) in [4.78, 5) is 29.0. The summed E-state index contributed by atoms with van der Waals surface area (Å²) in [5, 5.41) is 16.5. The summed E-state index contributed by atoms with van der Waals surface area (Å²) in [6, 6.07) is 3.33. The van der Waals surface area contributed by atoms with Gasteiger partial charge in [-0.2, -0.15) is 0 Å². The Kier molecular flexibility index (Phi) is 6.94. The van der Waals surface area contributed by atoms with Gasteiger partial charge >= 0.3 is 6.09 Å². The first kappa shape index (κ1) is 22.7. The minimum Gasteiger partial charge on any atom is -0.444 e. The first-order valence-electron chi connectivity index (χ1n) is 8.89. The number of carbonyl (C=O) groups is 2. The topological polar surface area (TPSA) is 128 Å². The molecule has 0 aliphatic carbocycles. The number of likely N-dealkylation sites (tertiary alicyclic amines) is 1. The van der Waals surface area contributed by atoms with Gasteiger partial charge in [-0.3, -0.25) is 9.69 Å². The lowest BCUT2D eigenvalue weighted by Gasteiger charge is -2.28. The zero-order valence-corrected chi connectivity index (χ0v) is 17.1. The maximum atomic E-state index is 14.0. The van der Waals surface area contributed by atoms with Crippen molar-refractivity contribution in [2.24, 2.45) is 5.11 Å². The van der Waals surface area contributed by atoms with Gasteiger partial charge in [-0.1, -0.05) is 28.8 Å². The second kappa shape index (κ2) is 8.86. The Morgan fingerprint density at radius 1 is 1.52 bits per heavy atom. The number of ether oxygens (including phenoxy) is 1. The van der Waals surface area contributed by atoms with E-state index in [1.807, 2.05) is 0 Å². The van der Waals surface area contributed by atoms with E-state index in [9.17, 15) is 19.1 Å². The molecule has 0 radical (unpaired) electrons. The van der Waals surface area contributed by atoms with Crippen LogP contribution in [0.4, 0.5) is 9.18 Å². The van der Waals surface area contributed by atoms with E-state index < -0.39 is 35.1 Å². The standard InChI is InChI=1S/C18H23ClFN5O4/c1-17(2,3)29-16(27)25-10-18(28,9-23-24-21)7-13(25)15(26)22-8-11-5-4-6-12(19)14(11)20/h4-6,13,28H,7-10H2,1-3H3,(H,22,26)/t13-,18-/m0/s1. The van der Waals surface area contributed by atoms with Crippen molar-refractivity contribution < 1.29 is 23.8 Å². The maximum Gasteiger partial charge on any atom is 0.411 e. The third-order valence-corrected chi connectivity index (χ3v) is 4.55. The highest BCUT2D eigenvalue weighted by atomic mass is 35.5. The van der Waals surface area contributed by atoms with Crippen molar-refractivity contribution in [2.75, 3.05) is 13.1 Å². The molecule has 2 amide bonds. The summed E-state index contributed by atoms with van der Waals surface area (Å²) < 4.78 is 19.3. The first-order chi connectivity index (χ1) is 13.5. The lowest BCUT2D eigenvalue weighted by Crippen LogP contribution is -2.47. The highest BCUT2D eigenvalue weighted by Gasteiger charge is 2.48. The Morgan fingerprint density at radius 2 is 2.21 bits per heavy atom. The number of carbonyl (C=O) groups excluding carboxylic acids is 2. The Morgan fingerprint density at radius 3 is 2.83 bits per heavy atom. The van der Waals surface area contributed by atoms with Crippen LogP contribution in [0.2, 0.25) is 5.02 Å². The van der Waals surface area contributed by atoms with Gasteiger partial charge in [0.15, 0.2) is 0 Å². The van der Waals surface area contributed by atoms with Crippen LogP contribution in [0, 0.1) is 5.82 Å². The fourth-order valence-corrected chi connectivity index (χ4v) is 3.17. The summed E-state index contributed by atoms with van der Waals surface area (Å²) in [7, 11) is 0. The zero-order chi connectivity index (χ0) is 21.8. The average molecular weight is 428 g/mol. The van der Waals surface area contributed by atoms with E-state index in [0.717, 1.165) is 4.90 Å². The minimum atomic E-state index is -1.58. The number of benzene rings is 1. The number of nitrogens with one attached hydrogen (secondary N) is 1. The van der Waals surface area contributed by atoms with E-state index in [1.165, 1.54) is 12.1 Å². The monoisotopic (exact) mass is 427 g/mol. The summed E-state index contributed by atoms with van der Waals surface area (Å²) >= 11 is 5.74. The zero-order valence-electron chi connectivity index (χ0n) is 16.4. The third kappa shape index (κ3) is 5.96. The molecule has 2 rings (SSSR count). The molecule has 2 N–H and O–H groups in total. The molecule has 1 fully saturated rings. The van der Waals surface area contributed by atoms with E-state index in [2.05, 4.69) is 15.3 Å². The summed E-state index contributed by atoms with van der Waals surface area (Å²) in [5.41, 5.74) is 6.31. The molecule has 1 aromatic rings. The number of aliphatic hydroxyl groups is 1. The van der Waals surface area contributed by atoms with Crippen molar-refractivity contribution in [1.29, 1.82) is 0 Å². The van der Waals surface area contributed by atoms with Gasteiger partial charge in [0.05, 0.1) is 23.7 Å². The van der Waals surface area contributed by atoms with Gasteiger partial charge in [0.1, 0.15) is 17.5 Å². The molecule has 1 aliphatic heterocycles. The smallest absolute Gasteiger partial charge is 0.411 e. The molecular formula is C18H23ClFN5O4. The SMILES string of the molecule is CC(C)(C)OC(=O)N1C[C@@](O)(CN=[N+]=[N-])C[C@H]1C(=O)NCc1cccc(Cl)c1F. The molecule has 0 saturated carbocycles. The Hall–Kier alpha value is -2.55. The van der Waals surface area contributed by atoms with Crippen LogP contribution in [0.25, 0.3) is 10.4 Å². The van der Waals surface area contributed by atoms with Crippen LogP contribution < -0.4 is 5.32 Å². The number of hydrogen-bond acceptors (Lipinski definition) is 5. The molecule has 1 aliphatic rings. The molecule has 0 bridgehead atoms. The molecule has 1 aromatic carbocycles. The molecule has 0 spiro atoms. The molecule has 9 nitrogen and oxygen atoms in total. The second-order valence-electron chi connectivity index (χ2n) is 7.87. The predicted molar refractivity (Wildman–Crippen MR) is 104 cm³/mol. The molecule has 158 valence electrons. The van der Waals surface area contributed by atoms with Crippen LogP contribution in [0.5, 0.6) is 0 Å². The molecule has 1 saturated heterocycles. The Labute approximate surface area is 172 Å². The molecular weight excluding hydrogens is 405 g/mol. The van der Waals surface area contributed by atoms with Gasteiger partial charge < -0.3 is 15.2 Å². The summed E-state index contributed by atoms with van der Waals surface area (Å²) in [6.07, 6.45) is -0.946. The molecule has 11 heteroatoms. The van der Waals surface area contributed by atoms with E-state index in [0.29, 0.717) is 0 Å². The number of hydrogen-bond donors (Lipinski definition) is 2. The van der Waals surface area contributed by atoms with Crippen molar-refractivity contribution >= 4 is 23.6 Å². The third-order valence-electron chi connectivity index (χ3n) is 4.26. The van der Waals surface area contributed by atoms with Crippen LogP contribution in [0.1, 0.15) is 32.8 Å². The van der Waals surface area contributed by atoms with Crippen molar-refractivity contribution in [1.82, 2.24) is 10.2 Å². The van der Waals surface area contributed by atoms with E-state index in [4.69, 9.17) is 21.9 Å². The number of halogens is 2. The average Bonchev–Trinajstić information content (AvgIpc) is 2.98. The maximum absolute atomic E-state index is 14.0. The lowest BCUT2D eigenvalue weighted by molar-refractivity contribution is -0.125. The van der Waals surface area contributed by atoms with Crippen molar-refractivity contribution in [3.05, 3.63) is 45.0 Å². The van der Waals surface area contributed by atoms with Gasteiger partial charge in [-0.25, -0.2) is 9.18 Å². The first-order valence-corrected chi connectivity index (χ1v) is 9.27. The fraction of sp³-hybridized carbons (Fsp3) is 0.556. The van der Waals surface area contributed by atoms with Gasteiger partial charge in [0.2, 0.25) is 5.91 Å². The highest BCUT2D eigenvalue weighted by molar-refractivity contribution is 6.30. The van der Waals surface area contributed by atoms with Gasteiger partial charge in [0.25, 0.3) is 0 Å². The van der Waals surface area contributed by atoms with Gasteiger partial charge in [-0.15, -0.1) is 0 Å². The molecule has 29 heavy (non-hydrogen) atoms. The van der Waals surface area contributed by atoms with E-state index >= 15 is 0 Å². The predicted octanol–water partition coefficient (Wildman–Crippen LogP) is 3.15. The number of nitrogens with zero attached hydrogens (tertiary/aromatic N) is 4. The summed E-state index contributed by atoms with van der Waals surface area (Å²) in [6.45, 7) is 4.30. The fourth-order valence-electron chi connectivity index (χ4n) is 2.97. The number of β-amino-alcohol motifs (C(OH)–C–C–N with tert-alkyl or cyclic N) is 1. The molecule has 1 heterocycles. The van der Waals surface area contributed by atoms with Crippen LogP contribution in [0.3, 0.4) is 0 Å². The van der Waals surface area contributed by atoms with Crippen LogP contribution in [-0.2, 0) is 16.1 Å². The lowest BCUT2D eigenvalue weighted by atomic mass is 10.0. The van der Waals surface area contributed by atoms with Crippen LogP contribution in [-0.4, -0.2) is 52.3 Å². The van der Waals surface area contributed by atoms with Gasteiger partial charge in [0, 0.05) is 23.4 Å². The highest BCUT2D eigenvalue weighted by Crippen LogP contribution is 2.30. The number of azide groups is 1. The second-order valence-corrected chi connectivity index (χ2v) is 8.28. The van der Waals surface area contributed by atoms with E-state index in [1.54, 1.807) is 26.8 Å².